The van der Waals surface area contributed by atoms with E-state index in [1.54, 1.807) is 12.1 Å². The molecule has 0 aliphatic rings. The van der Waals surface area contributed by atoms with Gasteiger partial charge in [0.15, 0.2) is 0 Å². The summed E-state index contributed by atoms with van der Waals surface area (Å²) >= 11 is 0. The van der Waals surface area contributed by atoms with Crippen molar-refractivity contribution in [1.29, 1.82) is 0 Å². The van der Waals surface area contributed by atoms with E-state index in [0.717, 1.165) is 36.6 Å². The van der Waals surface area contributed by atoms with E-state index in [1.807, 2.05) is 19.2 Å². The lowest BCUT2D eigenvalue weighted by atomic mass is 10.1. The normalized spacial score (nSPS) is 10.7. The summed E-state index contributed by atoms with van der Waals surface area (Å²) in [6.45, 7) is 3.51. The van der Waals surface area contributed by atoms with Crippen LogP contribution in [0.1, 0.15) is 17.1 Å². The zero-order valence-electron chi connectivity index (χ0n) is 9.83. The first-order valence-electron chi connectivity index (χ1n) is 5.70. The standard InChI is InChI=1S/C13H16FN3/c1-10-16-9-13(17-10)8-15-6-5-11-3-2-4-12(14)7-11/h2-4,7,9,15H,5-6,8H2,1H3,(H,16,17). The molecule has 0 unspecified atom stereocenters. The van der Waals surface area contributed by atoms with Crippen LogP contribution in [0.25, 0.3) is 0 Å². The van der Waals surface area contributed by atoms with Gasteiger partial charge in [-0.25, -0.2) is 9.37 Å². The van der Waals surface area contributed by atoms with E-state index in [9.17, 15) is 4.39 Å². The smallest absolute Gasteiger partial charge is 0.123 e. The third-order valence-electron chi connectivity index (χ3n) is 2.55. The Morgan fingerprint density at radius 3 is 3.00 bits per heavy atom. The predicted octanol–water partition coefficient (Wildman–Crippen LogP) is 2.19. The second-order valence-electron chi connectivity index (χ2n) is 4.05. The molecule has 0 aliphatic heterocycles. The topological polar surface area (TPSA) is 40.7 Å². The number of nitrogens with zero attached hydrogens (tertiary/aromatic N) is 1. The molecule has 0 spiro atoms. The number of aromatic amines is 1. The molecule has 17 heavy (non-hydrogen) atoms. The van der Waals surface area contributed by atoms with E-state index in [1.165, 1.54) is 6.07 Å². The van der Waals surface area contributed by atoms with Gasteiger partial charge in [-0.05, 0) is 37.6 Å². The number of H-pyrrole nitrogens is 1. The third-order valence-corrected chi connectivity index (χ3v) is 2.55. The van der Waals surface area contributed by atoms with Crippen molar-refractivity contribution in [2.45, 2.75) is 19.9 Å². The van der Waals surface area contributed by atoms with Crippen LogP contribution in [0.4, 0.5) is 4.39 Å². The Bertz CT molecular complexity index is 479. The molecule has 1 aromatic heterocycles. The molecule has 0 saturated heterocycles. The van der Waals surface area contributed by atoms with E-state index in [4.69, 9.17) is 0 Å². The van der Waals surface area contributed by atoms with E-state index in [2.05, 4.69) is 15.3 Å². The summed E-state index contributed by atoms with van der Waals surface area (Å²) in [5.41, 5.74) is 2.08. The molecule has 90 valence electrons. The van der Waals surface area contributed by atoms with Crippen LogP contribution in [-0.4, -0.2) is 16.5 Å². The molecule has 4 heteroatoms. The zero-order chi connectivity index (χ0) is 12.1. The Hall–Kier alpha value is -1.68. The van der Waals surface area contributed by atoms with Crippen molar-refractivity contribution in [3.8, 4) is 0 Å². The maximum atomic E-state index is 12.9. The molecular formula is C13H16FN3. The molecule has 0 amide bonds. The van der Waals surface area contributed by atoms with Gasteiger partial charge in [-0.3, -0.25) is 0 Å². The van der Waals surface area contributed by atoms with Crippen molar-refractivity contribution in [3.63, 3.8) is 0 Å². The number of halogens is 1. The van der Waals surface area contributed by atoms with Gasteiger partial charge in [-0.1, -0.05) is 12.1 Å². The first-order chi connectivity index (χ1) is 8.24. The van der Waals surface area contributed by atoms with Crippen LogP contribution in [0.15, 0.2) is 30.5 Å². The van der Waals surface area contributed by atoms with Crippen LogP contribution >= 0.6 is 0 Å². The maximum absolute atomic E-state index is 12.9. The lowest BCUT2D eigenvalue weighted by Gasteiger charge is -2.03. The summed E-state index contributed by atoms with van der Waals surface area (Å²) in [7, 11) is 0. The number of hydrogen-bond acceptors (Lipinski definition) is 2. The maximum Gasteiger partial charge on any atom is 0.123 e. The van der Waals surface area contributed by atoms with Gasteiger partial charge >= 0.3 is 0 Å². The Labute approximate surface area is 100 Å². The van der Waals surface area contributed by atoms with E-state index in [-0.39, 0.29) is 5.82 Å². The Morgan fingerprint density at radius 1 is 1.41 bits per heavy atom. The highest BCUT2D eigenvalue weighted by Crippen LogP contribution is 2.03. The van der Waals surface area contributed by atoms with Crippen LogP contribution in [0.2, 0.25) is 0 Å². The Morgan fingerprint density at radius 2 is 2.29 bits per heavy atom. The van der Waals surface area contributed by atoms with Gasteiger partial charge < -0.3 is 10.3 Å². The van der Waals surface area contributed by atoms with Crippen molar-refractivity contribution in [2.75, 3.05) is 6.54 Å². The van der Waals surface area contributed by atoms with Gasteiger partial charge in [-0.2, -0.15) is 0 Å². The highest BCUT2D eigenvalue weighted by atomic mass is 19.1. The minimum Gasteiger partial charge on any atom is -0.345 e. The van der Waals surface area contributed by atoms with Crippen LogP contribution in [0.3, 0.4) is 0 Å². The molecule has 2 rings (SSSR count). The Kier molecular flexibility index (Phi) is 3.88. The lowest BCUT2D eigenvalue weighted by molar-refractivity contribution is 0.622. The van der Waals surface area contributed by atoms with Gasteiger partial charge in [0.2, 0.25) is 0 Å². The van der Waals surface area contributed by atoms with Crippen LogP contribution in [-0.2, 0) is 13.0 Å². The first-order valence-corrected chi connectivity index (χ1v) is 5.70. The number of hydrogen-bond donors (Lipinski definition) is 2. The fourth-order valence-electron chi connectivity index (χ4n) is 1.71. The molecule has 1 heterocycles. The summed E-state index contributed by atoms with van der Waals surface area (Å²) in [6.07, 6.45) is 2.65. The van der Waals surface area contributed by atoms with Gasteiger partial charge in [0.05, 0.1) is 0 Å². The largest absolute Gasteiger partial charge is 0.345 e. The number of aromatic nitrogens is 2. The van der Waals surface area contributed by atoms with Crippen LogP contribution < -0.4 is 5.32 Å². The number of imidazole rings is 1. The second kappa shape index (κ2) is 5.59. The van der Waals surface area contributed by atoms with Gasteiger partial charge in [0.25, 0.3) is 0 Å². The van der Waals surface area contributed by atoms with Crippen molar-refractivity contribution >= 4 is 0 Å². The fraction of sp³-hybridized carbons (Fsp3) is 0.308. The highest BCUT2D eigenvalue weighted by Gasteiger charge is 1.97. The highest BCUT2D eigenvalue weighted by molar-refractivity contribution is 5.16. The zero-order valence-corrected chi connectivity index (χ0v) is 9.83. The number of aryl methyl sites for hydroxylation is 1. The Balaban J connectivity index is 1.73. The van der Waals surface area contributed by atoms with Crippen LogP contribution in [0.5, 0.6) is 0 Å². The summed E-state index contributed by atoms with van der Waals surface area (Å²) in [4.78, 5) is 7.27. The minimum atomic E-state index is -0.174. The summed E-state index contributed by atoms with van der Waals surface area (Å²) in [5, 5.41) is 3.29. The molecular weight excluding hydrogens is 217 g/mol. The molecule has 1 aromatic carbocycles. The van der Waals surface area contributed by atoms with E-state index < -0.39 is 0 Å². The minimum absolute atomic E-state index is 0.174. The van der Waals surface area contributed by atoms with Crippen molar-refractivity contribution in [3.05, 3.63) is 53.4 Å². The molecule has 0 atom stereocenters. The molecule has 0 radical (unpaired) electrons. The average molecular weight is 233 g/mol. The van der Waals surface area contributed by atoms with Gasteiger partial charge in [0.1, 0.15) is 11.6 Å². The summed E-state index contributed by atoms with van der Waals surface area (Å²) in [6, 6.07) is 6.71. The van der Waals surface area contributed by atoms with Crippen molar-refractivity contribution in [1.82, 2.24) is 15.3 Å². The van der Waals surface area contributed by atoms with Crippen molar-refractivity contribution < 1.29 is 4.39 Å². The number of rotatable bonds is 5. The summed E-state index contributed by atoms with van der Waals surface area (Å²) in [5.74, 6) is 0.749. The molecule has 3 nitrogen and oxygen atoms in total. The molecule has 2 N–H and O–H groups in total. The van der Waals surface area contributed by atoms with Crippen molar-refractivity contribution in [2.24, 2.45) is 0 Å². The SMILES string of the molecule is Cc1ncc(CNCCc2cccc(F)c2)[nH]1. The monoisotopic (exact) mass is 233 g/mol. The third kappa shape index (κ3) is 3.67. The molecule has 0 saturated carbocycles. The lowest BCUT2D eigenvalue weighted by Crippen LogP contribution is -2.16. The molecule has 0 bridgehead atoms. The van der Waals surface area contributed by atoms with Crippen LogP contribution in [0, 0.1) is 12.7 Å². The number of benzene rings is 1. The fourth-order valence-corrected chi connectivity index (χ4v) is 1.71. The second-order valence-corrected chi connectivity index (χ2v) is 4.05. The number of nitrogens with one attached hydrogen (secondary N) is 2. The summed E-state index contributed by atoms with van der Waals surface area (Å²) < 4.78 is 12.9. The van der Waals surface area contributed by atoms with Gasteiger partial charge in [-0.15, -0.1) is 0 Å². The van der Waals surface area contributed by atoms with E-state index >= 15 is 0 Å². The van der Waals surface area contributed by atoms with Gasteiger partial charge in [0, 0.05) is 18.4 Å². The quantitative estimate of drug-likeness (QED) is 0.777. The van der Waals surface area contributed by atoms with E-state index in [0.29, 0.717) is 0 Å². The molecule has 2 aromatic rings. The molecule has 0 aliphatic carbocycles. The molecule has 0 fully saturated rings. The first kappa shape index (κ1) is 11.8. The average Bonchev–Trinajstić information content (AvgIpc) is 2.71. The predicted molar refractivity (Wildman–Crippen MR) is 65.1 cm³/mol.